The molecule has 1 aliphatic rings. The van der Waals surface area contributed by atoms with Gasteiger partial charge in [0.1, 0.15) is 17.3 Å². The fraction of sp³-hybridized carbons (Fsp3) is 0.400. The minimum atomic E-state index is -4.41. The molecule has 1 aromatic carbocycles. The van der Waals surface area contributed by atoms with Crippen molar-refractivity contribution in [1.29, 1.82) is 0 Å². The van der Waals surface area contributed by atoms with E-state index < -0.39 is 11.7 Å². The molecule has 168 valence electrons. The van der Waals surface area contributed by atoms with E-state index in [0.717, 1.165) is 12.3 Å². The smallest absolute Gasteiger partial charge is 0.417 e. The number of rotatable bonds is 6. The summed E-state index contributed by atoms with van der Waals surface area (Å²) < 4.78 is 48.5. The van der Waals surface area contributed by atoms with E-state index in [4.69, 9.17) is 21.1 Å². The van der Waals surface area contributed by atoms with Gasteiger partial charge in [0.15, 0.2) is 0 Å². The van der Waals surface area contributed by atoms with Gasteiger partial charge in [0.2, 0.25) is 5.91 Å². The average Bonchev–Trinajstić information content (AvgIpc) is 2.74. The Morgan fingerprint density at radius 2 is 1.81 bits per heavy atom. The first kappa shape index (κ1) is 23.0. The third-order valence-electron chi connectivity index (χ3n) is 4.89. The number of ether oxygens (including phenoxy) is 2. The SMILES string of the molecule is COc1cc(NC(=O)CN2CCN(c3ccc(C(F)(F)F)cn3)CC2)c(OC)cc1Cl. The second-order valence-electron chi connectivity index (χ2n) is 6.90. The molecule has 1 saturated heterocycles. The molecule has 0 unspecified atom stereocenters. The minimum Gasteiger partial charge on any atom is -0.495 e. The zero-order valence-corrected chi connectivity index (χ0v) is 17.8. The van der Waals surface area contributed by atoms with E-state index in [-0.39, 0.29) is 12.5 Å². The summed E-state index contributed by atoms with van der Waals surface area (Å²) in [6.07, 6.45) is -3.57. The standard InChI is InChI=1S/C20H22ClF3N4O3/c1-30-16-10-15(17(31-2)9-14(16)21)26-19(29)12-27-5-7-28(8-6-27)18-4-3-13(11-25-18)20(22,23)24/h3-4,9-11H,5-8,12H2,1-2H3,(H,26,29). The minimum absolute atomic E-state index is 0.155. The summed E-state index contributed by atoms with van der Waals surface area (Å²) in [5.41, 5.74) is -0.331. The Labute approximate surface area is 182 Å². The van der Waals surface area contributed by atoms with Crippen LogP contribution < -0.4 is 19.7 Å². The Balaban J connectivity index is 1.55. The number of hydrogen-bond acceptors (Lipinski definition) is 6. The maximum atomic E-state index is 12.7. The maximum Gasteiger partial charge on any atom is 0.417 e. The molecule has 31 heavy (non-hydrogen) atoms. The lowest BCUT2D eigenvalue weighted by Crippen LogP contribution is -2.49. The van der Waals surface area contributed by atoms with E-state index in [1.165, 1.54) is 20.3 Å². The summed E-state index contributed by atoms with van der Waals surface area (Å²) in [6, 6.07) is 5.54. The van der Waals surface area contributed by atoms with Crippen molar-refractivity contribution in [3.63, 3.8) is 0 Å². The Kier molecular flexibility index (Phi) is 7.11. The molecule has 1 fully saturated rings. The average molecular weight is 459 g/mol. The molecule has 0 aliphatic carbocycles. The molecule has 11 heteroatoms. The van der Waals surface area contributed by atoms with Crippen LogP contribution in [0.4, 0.5) is 24.7 Å². The fourth-order valence-electron chi connectivity index (χ4n) is 3.23. The first-order chi connectivity index (χ1) is 14.7. The van der Waals surface area contributed by atoms with E-state index in [1.54, 1.807) is 12.1 Å². The molecule has 0 atom stereocenters. The van der Waals surface area contributed by atoms with Gasteiger partial charge in [-0.25, -0.2) is 4.98 Å². The highest BCUT2D eigenvalue weighted by atomic mass is 35.5. The lowest BCUT2D eigenvalue weighted by atomic mass is 10.2. The Morgan fingerprint density at radius 1 is 1.13 bits per heavy atom. The quantitative estimate of drug-likeness (QED) is 0.714. The number of aromatic nitrogens is 1. The number of hydrogen-bond donors (Lipinski definition) is 1. The summed E-state index contributed by atoms with van der Waals surface area (Å²) in [5.74, 6) is 1.08. The molecule has 0 bridgehead atoms. The van der Waals surface area contributed by atoms with Gasteiger partial charge >= 0.3 is 6.18 Å². The first-order valence-corrected chi connectivity index (χ1v) is 9.81. The third-order valence-corrected chi connectivity index (χ3v) is 5.18. The zero-order chi connectivity index (χ0) is 22.6. The topological polar surface area (TPSA) is 66.9 Å². The van der Waals surface area contributed by atoms with Crippen molar-refractivity contribution in [2.45, 2.75) is 6.18 Å². The molecule has 0 saturated carbocycles. The predicted octanol–water partition coefficient (Wildman–Crippen LogP) is 3.53. The highest BCUT2D eigenvalue weighted by molar-refractivity contribution is 6.32. The van der Waals surface area contributed by atoms with Crippen LogP contribution in [-0.4, -0.2) is 62.7 Å². The van der Waals surface area contributed by atoms with Crippen molar-refractivity contribution in [2.75, 3.05) is 57.2 Å². The van der Waals surface area contributed by atoms with Crippen LogP contribution in [0.25, 0.3) is 0 Å². The second-order valence-corrected chi connectivity index (χ2v) is 7.31. The summed E-state index contributed by atoms with van der Waals surface area (Å²) in [7, 11) is 2.95. The number of carbonyl (C=O) groups is 1. The molecule has 0 radical (unpaired) electrons. The number of carbonyl (C=O) groups excluding carboxylic acids is 1. The summed E-state index contributed by atoms with van der Waals surface area (Å²) in [4.78, 5) is 20.3. The van der Waals surface area contributed by atoms with Crippen LogP contribution in [0.5, 0.6) is 11.5 Å². The Morgan fingerprint density at radius 3 is 2.35 bits per heavy atom. The third kappa shape index (κ3) is 5.71. The number of alkyl halides is 3. The van der Waals surface area contributed by atoms with E-state index >= 15 is 0 Å². The summed E-state index contributed by atoms with van der Waals surface area (Å²) >= 11 is 6.08. The molecular formula is C20H22ClF3N4O3. The number of nitrogens with zero attached hydrogens (tertiary/aromatic N) is 3. The van der Waals surface area contributed by atoms with Crippen molar-refractivity contribution in [1.82, 2.24) is 9.88 Å². The number of benzene rings is 1. The number of piperazine rings is 1. The number of pyridine rings is 1. The Hall–Kier alpha value is -2.72. The molecule has 2 heterocycles. The molecule has 1 aliphatic heterocycles. The van der Waals surface area contributed by atoms with Crippen molar-refractivity contribution in [3.05, 3.63) is 41.0 Å². The second kappa shape index (κ2) is 9.61. The van der Waals surface area contributed by atoms with Crippen LogP contribution in [0.1, 0.15) is 5.56 Å². The maximum absolute atomic E-state index is 12.7. The Bertz CT molecular complexity index is 917. The molecule has 1 N–H and O–H groups in total. The lowest BCUT2D eigenvalue weighted by molar-refractivity contribution is -0.137. The fourth-order valence-corrected chi connectivity index (χ4v) is 3.46. The number of methoxy groups -OCH3 is 2. The van der Waals surface area contributed by atoms with Gasteiger partial charge < -0.3 is 19.7 Å². The van der Waals surface area contributed by atoms with Crippen LogP contribution in [0.3, 0.4) is 0 Å². The molecule has 1 aromatic heterocycles. The monoisotopic (exact) mass is 458 g/mol. The highest BCUT2D eigenvalue weighted by Gasteiger charge is 2.31. The van der Waals surface area contributed by atoms with Gasteiger partial charge in [-0.05, 0) is 12.1 Å². The summed E-state index contributed by atoms with van der Waals surface area (Å²) in [6.45, 7) is 2.38. The number of nitrogens with one attached hydrogen (secondary N) is 1. The van der Waals surface area contributed by atoms with Crippen LogP contribution in [0, 0.1) is 0 Å². The van der Waals surface area contributed by atoms with E-state index in [2.05, 4.69) is 10.3 Å². The van der Waals surface area contributed by atoms with Crippen molar-refractivity contribution in [2.24, 2.45) is 0 Å². The van der Waals surface area contributed by atoms with Crippen LogP contribution in [-0.2, 0) is 11.0 Å². The van der Waals surface area contributed by atoms with Gasteiger partial charge in [0.25, 0.3) is 0 Å². The van der Waals surface area contributed by atoms with Gasteiger partial charge in [-0.2, -0.15) is 13.2 Å². The molecule has 0 spiro atoms. The highest BCUT2D eigenvalue weighted by Crippen LogP contribution is 2.36. The van der Waals surface area contributed by atoms with Crippen LogP contribution >= 0.6 is 11.6 Å². The largest absolute Gasteiger partial charge is 0.495 e. The van der Waals surface area contributed by atoms with E-state index in [1.807, 2.05) is 9.80 Å². The van der Waals surface area contributed by atoms with Gasteiger partial charge in [-0.15, -0.1) is 0 Å². The van der Waals surface area contributed by atoms with Gasteiger partial charge in [-0.3, -0.25) is 9.69 Å². The predicted molar refractivity (Wildman–Crippen MR) is 111 cm³/mol. The van der Waals surface area contributed by atoms with E-state index in [9.17, 15) is 18.0 Å². The number of amides is 1. The first-order valence-electron chi connectivity index (χ1n) is 9.43. The molecule has 2 aromatic rings. The van der Waals surface area contributed by atoms with Gasteiger partial charge in [0, 0.05) is 44.5 Å². The van der Waals surface area contributed by atoms with Crippen LogP contribution in [0.2, 0.25) is 5.02 Å². The van der Waals surface area contributed by atoms with Crippen molar-refractivity contribution < 1.29 is 27.4 Å². The van der Waals surface area contributed by atoms with Gasteiger partial charge in [0.05, 0.1) is 37.0 Å². The molecule has 7 nitrogen and oxygen atoms in total. The molecule has 1 amide bonds. The molecular weight excluding hydrogens is 437 g/mol. The van der Waals surface area contributed by atoms with Crippen LogP contribution in [0.15, 0.2) is 30.5 Å². The summed E-state index contributed by atoms with van der Waals surface area (Å²) in [5, 5.41) is 3.16. The zero-order valence-electron chi connectivity index (χ0n) is 17.0. The number of halogens is 4. The van der Waals surface area contributed by atoms with Crippen molar-refractivity contribution >= 4 is 29.0 Å². The lowest BCUT2D eigenvalue weighted by Gasteiger charge is -2.35. The van der Waals surface area contributed by atoms with Crippen molar-refractivity contribution in [3.8, 4) is 11.5 Å². The van der Waals surface area contributed by atoms with E-state index in [0.29, 0.717) is 54.2 Å². The van der Waals surface area contributed by atoms with Gasteiger partial charge in [-0.1, -0.05) is 11.6 Å². The molecule has 3 rings (SSSR count). The number of anilines is 2. The normalized spacial score (nSPS) is 15.0.